The van der Waals surface area contributed by atoms with Crippen LogP contribution in [0.15, 0.2) is 30.9 Å². The van der Waals surface area contributed by atoms with Crippen molar-refractivity contribution < 1.29 is 19.4 Å². The summed E-state index contributed by atoms with van der Waals surface area (Å²) >= 11 is 0. The van der Waals surface area contributed by atoms with Crippen LogP contribution in [0.2, 0.25) is 0 Å². The minimum absolute atomic E-state index is 0.0734. The molecular formula is C14H16O4. The quantitative estimate of drug-likeness (QED) is 0.753. The highest BCUT2D eigenvalue weighted by Crippen LogP contribution is 2.19. The van der Waals surface area contributed by atoms with E-state index < -0.39 is 5.97 Å². The molecule has 0 aliphatic rings. The van der Waals surface area contributed by atoms with Crippen LogP contribution in [-0.4, -0.2) is 23.5 Å². The molecule has 1 rings (SSSR count). The van der Waals surface area contributed by atoms with Crippen molar-refractivity contribution in [1.29, 1.82) is 0 Å². The van der Waals surface area contributed by atoms with Gasteiger partial charge in [-0.2, -0.15) is 0 Å². The molecular weight excluding hydrogens is 232 g/mol. The summed E-state index contributed by atoms with van der Waals surface area (Å²) in [6, 6.07) is 4.77. The molecule has 0 atom stereocenters. The van der Waals surface area contributed by atoms with Crippen molar-refractivity contribution in [3.8, 4) is 5.75 Å². The van der Waals surface area contributed by atoms with Crippen molar-refractivity contribution in [1.82, 2.24) is 0 Å². The normalized spacial score (nSPS) is 9.83. The lowest BCUT2D eigenvalue weighted by molar-refractivity contribution is -0.116. The number of ether oxygens (including phenoxy) is 1. The van der Waals surface area contributed by atoms with Crippen molar-refractivity contribution in [2.75, 3.05) is 6.61 Å². The smallest absolute Gasteiger partial charge is 0.335 e. The summed E-state index contributed by atoms with van der Waals surface area (Å²) in [4.78, 5) is 21.9. The van der Waals surface area contributed by atoms with E-state index in [1.54, 1.807) is 18.2 Å². The molecule has 0 spiro atoms. The monoisotopic (exact) mass is 248 g/mol. The van der Waals surface area contributed by atoms with Crippen molar-refractivity contribution in [3.63, 3.8) is 0 Å². The molecule has 4 heteroatoms. The van der Waals surface area contributed by atoms with Crippen LogP contribution >= 0.6 is 0 Å². The number of benzene rings is 1. The Bertz CT molecular complexity index is 463. The second-order valence-electron chi connectivity index (χ2n) is 3.97. The van der Waals surface area contributed by atoms with Crippen molar-refractivity contribution in [3.05, 3.63) is 42.0 Å². The molecule has 0 aliphatic carbocycles. The molecule has 0 radical (unpaired) electrons. The van der Waals surface area contributed by atoms with Crippen molar-refractivity contribution >= 4 is 11.8 Å². The topological polar surface area (TPSA) is 63.6 Å². The number of carboxylic acid groups (broad SMARTS) is 1. The van der Waals surface area contributed by atoms with Gasteiger partial charge < -0.3 is 14.6 Å². The van der Waals surface area contributed by atoms with Gasteiger partial charge in [0.25, 0.3) is 0 Å². The fourth-order valence-electron chi connectivity index (χ4n) is 1.49. The zero-order chi connectivity index (χ0) is 13.5. The van der Waals surface area contributed by atoms with Crippen LogP contribution in [0.1, 0.15) is 29.3 Å². The summed E-state index contributed by atoms with van der Waals surface area (Å²) < 4.78 is 5.33. The largest absolute Gasteiger partial charge is 0.490 e. The Kier molecular flexibility index (Phi) is 5.11. The molecule has 4 nitrogen and oxygen atoms in total. The maximum absolute atomic E-state index is 11.0. The molecule has 0 saturated carbocycles. The van der Waals surface area contributed by atoms with Crippen LogP contribution in [0, 0.1) is 0 Å². The number of Topliss-reactive ketones (excluding diaryl/α,β-unsaturated/α-hetero) is 1. The maximum atomic E-state index is 11.0. The minimum Gasteiger partial charge on any atom is -0.490 e. The summed E-state index contributed by atoms with van der Waals surface area (Å²) in [5.74, 6) is -0.458. The Labute approximate surface area is 106 Å². The first-order valence-corrected chi connectivity index (χ1v) is 5.63. The second kappa shape index (κ2) is 6.59. The first-order valence-electron chi connectivity index (χ1n) is 5.63. The van der Waals surface area contributed by atoms with E-state index in [0.29, 0.717) is 25.2 Å². The molecule has 1 N–H and O–H groups in total. The molecule has 18 heavy (non-hydrogen) atoms. The molecule has 0 unspecified atom stereocenters. The van der Waals surface area contributed by atoms with E-state index in [2.05, 4.69) is 6.58 Å². The van der Waals surface area contributed by atoms with Crippen LogP contribution in [0.4, 0.5) is 0 Å². The maximum Gasteiger partial charge on any atom is 0.335 e. The third-order valence-corrected chi connectivity index (χ3v) is 2.35. The van der Waals surface area contributed by atoms with E-state index >= 15 is 0 Å². The molecule has 1 aromatic carbocycles. The Hall–Kier alpha value is -2.10. The highest BCUT2D eigenvalue weighted by atomic mass is 16.5. The van der Waals surface area contributed by atoms with E-state index in [4.69, 9.17) is 9.84 Å². The van der Waals surface area contributed by atoms with Gasteiger partial charge in [0.1, 0.15) is 18.1 Å². The summed E-state index contributed by atoms with van der Waals surface area (Å²) in [5, 5.41) is 8.99. The number of aryl methyl sites for hydroxylation is 1. The molecule has 0 aliphatic heterocycles. The molecule has 1 aromatic rings. The lowest BCUT2D eigenvalue weighted by atomic mass is 10.0. The summed E-state index contributed by atoms with van der Waals surface area (Å²) in [6.45, 7) is 5.35. The lowest BCUT2D eigenvalue weighted by Gasteiger charge is -2.08. The second-order valence-corrected chi connectivity index (χ2v) is 3.97. The number of hydrogen-bond donors (Lipinski definition) is 1. The van der Waals surface area contributed by atoms with E-state index in [0.717, 1.165) is 5.56 Å². The fraction of sp³-hybridized carbons (Fsp3) is 0.286. The number of carbonyl (C=O) groups excluding carboxylic acids is 1. The van der Waals surface area contributed by atoms with Crippen LogP contribution < -0.4 is 4.74 Å². The number of rotatable bonds is 7. The SMILES string of the molecule is C=CCOc1cc(CCC(C)=O)cc(C(=O)O)c1. The van der Waals surface area contributed by atoms with Crippen molar-refractivity contribution in [2.24, 2.45) is 0 Å². The lowest BCUT2D eigenvalue weighted by Crippen LogP contribution is -2.02. The third kappa shape index (κ3) is 4.41. The number of ketones is 1. The Morgan fingerprint density at radius 2 is 2.11 bits per heavy atom. The predicted molar refractivity (Wildman–Crippen MR) is 68.1 cm³/mol. The summed E-state index contributed by atoms with van der Waals surface area (Å²) in [5.41, 5.74) is 0.944. The third-order valence-electron chi connectivity index (χ3n) is 2.35. The Morgan fingerprint density at radius 1 is 1.39 bits per heavy atom. The van der Waals surface area contributed by atoms with E-state index in [9.17, 15) is 9.59 Å². The highest BCUT2D eigenvalue weighted by Gasteiger charge is 2.08. The molecule has 0 aromatic heterocycles. The number of carboxylic acids is 1. The molecule has 0 fully saturated rings. The van der Waals surface area contributed by atoms with Gasteiger partial charge >= 0.3 is 5.97 Å². The van der Waals surface area contributed by atoms with Gasteiger partial charge in [-0.1, -0.05) is 12.7 Å². The Balaban J connectivity index is 2.93. The molecule has 0 saturated heterocycles. The van der Waals surface area contributed by atoms with Gasteiger partial charge in [0.05, 0.1) is 5.56 Å². The molecule has 0 heterocycles. The van der Waals surface area contributed by atoms with E-state index in [1.807, 2.05) is 0 Å². The minimum atomic E-state index is -1.01. The van der Waals surface area contributed by atoms with Gasteiger partial charge in [0.2, 0.25) is 0 Å². The average molecular weight is 248 g/mol. The van der Waals surface area contributed by atoms with Gasteiger partial charge in [0, 0.05) is 6.42 Å². The van der Waals surface area contributed by atoms with Gasteiger partial charge in [-0.25, -0.2) is 4.79 Å². The van der Waals surface area contributed by atoms with Crippen LogP contribution in [-0.2, 0) is 11.2 Å². The first-order chi connectivity index (χ1) is 8.52. The molecule has 0 bridgehead atoms. The first kappa shape index (κ1) is 14.0. The summed E-state index contributed by atoms with van der Waals surface area (Å²) in [7, 11) is 0. The zero-order valence-corrected chi connectivity index (χ0v) is 10.3. The predicted octanol–water partition coefficient (Wildman–Crippen LogP) is 2.47. The van der Waals surface area contributed by atoms with Crippen molar-refractivity contribution in [2.45, 2.75) is 19.8 Å². The average Bonchev–Trinajstić information content (AvgIpc) is 2.33. The Morgan fingerprint density at radius 3 is 2.67 bits per heavy atom. The zero-order valence-electron chi connectivity index (χ0n) is 10.3. The van der Waals surface area contributed by atoms with Crippen LogP contribution in [0.25, 0.3) is 0 Å². The molecule has 96 valence electrons. The van der Waals surface area contributed by atoms with Crippen LogP contribution in [0.3, 0.4) is 0 Å². The van der Waals surface area contributed by atoms with Gasteiger partial charge in [0.15, 0.2) is 0 Å². The summed E-state index contributed by atoms with van der Waals surface area (Å²) in [6.07, 6.45) is 2.49. The standard InChI is InChI=1S/C14H16O4/c1-3-6-18-13-8-11(5-4-10(2)15)7-12(9-13)14(16)17/h3,7-9H,1,4-6H2,2H3,(H,16,17). The van der Waals surface area contributed by atoms with E-state index in [1.165, 1.54) is 13.0 Å². The molecule has 0 amide bonds. The highest BCUT2D eigenvalue weighted by molar-refractivity contribution is 5.88. The number of carbonyl (C=O) groups is 2. The number of hydrogen-bond acceptors (Lipinski definition) is 3. The van der Waals surface area contributed by atoms with Crippen LogP contribution in [0.5, 0.6) is 5.75 Å². The van der Waals surface area contributed by atoms with Gasteiger partial charge in [-0.3, -0.25) is 0 Å². The van der Waals surface area contributed by atoms with Gasteiger partial charge in [-0.15, -0.1) is 0 Å². The fourth-order valence-corrected chi connectivity index (χ4v) is 1.49. The number of aromatic carboxylic acids is 1. The van der Waals surface area contributed by atoms with Gasteiger partial charge in [-0.05, 0) is 37.1 Å². The van der Waals surface area contributed by atoms with E-state index in [-0.39, 0.29) is 11.3 Å².